The minimum Gasteiger partial charge on any atom is -0.496 e. The molecule has 1 aromatic carbocycles. The molecule has 0 aliphatic rings. The largest absolute Gasteiger partial charge is 0.496 e. The van der Waals surface area contributed by atoms with Crippen LogP contribution in [0.15, 0.2) is 18.2 Å². The summed E-state index contributed by atoms with van der Waals surface area (Å²) >= 11 is 1.30. The van der Waals surface area contributed by atoms with Crippen molar-refractivity contribution >= 4 is 17.5 Å². The molecular weight excluding hydrogens is 231 g/mol. The first kappa shape index (κ1) is 13.0. The van der Waals surface area contributed by atoms with Crippen LogP contribution in [0.2, 0.25) is 0 Å². The van der Waals surface area contributed by atoms with Crippen LogP contribution in [0.1, 0.15) is 10.4 Å². The summed E-state index contributed by atoms with van der Waals surface area (Å²) in [5, 5.41) is 8.58. The van der Waals surface area contributed by atoms with Gasteiger partial charge in [0.1, 0.15) is 11.6 Å². The Kier molecular flexibility index (Phi) is 5.28. The standard InChI is InChI=1S/C11H13FO3S/c1-15-11-3-2-8(12)6-9(11)10(14)7-16-5-4-13/h2-3,6,13H,4-5,7H2,1H3. The molecule has 0 amide bonds. The topological polar surface area (TPSA) is 46.5 Å². The summed E-state index contributed by atoms with van der Waals surface area (Å²) in [6.07, 6.45) is 0. The number of carbonyl (C=O) groups excluding carboxylic acids is 1. The molecule has 1 N–H and O–H groups in total. The lowest BCUT2D eigenvalue weighted by molar-refractivity contribution is 0.101. The molecule has 16 heavy (non-hydrogen) atoms. The van der Waals surface area contributed by atoms with Gasteiger partial charge in [-0.15, -0.1) is 0 Å². The third kappa shape index (κ3) is 3.50. The van der Waals surface area contributed by atoms with E-state index in [-0.39, 0.29) is 23.7 Å². The number of benzene rings is 1. The van der Waals surface area contributed by atoms with Gasteiger partial charge in [0.15, 0.2) is 5.78 Å². The van der Waals surface area contributed by atoms with Gasteiger partial charge in [0.25, 0.3) is 0 Å². The normalized spacial score (nSPS) is 10.2. The summed E-state index contributed by atoms with van der Waals surface area (Å²) < 4.78 is 18.0. The van der Waals surface area contributed by atoms with Gasteiger partial charge in [-0.05, 0) is 18.2 Å². The van der Waals surface area contributed by atoms with Crippen molar-refractivity contribution in [1.82, 2.24) is 0 Å². The number of ether oxygens (including phenoxy) is 1. The zero-order valence-corrected chi connectivity index (χ0v) is 9.72. The van der Waals surface area contributed by atoms with Crippen molar-refractivity contribution in [2.24, 2.45) is 0 Å². The van der Waals surface area contributed by atoms with Crippen molar-refractivity contribution < 1.29 is 19.0 Å². The molecular formula is C11H13FO3S. The van der Waals surface area contributed by atoms with Gasteiger partial charge in [-0.3, -0.25) is 4.79 Å². The maximum atomic E-state index is 13.0. The highest BCUT2D eigenvalue weighted by Gasteiger charge is 2.13. The molecule has 0 aromatic heterocycles. The molecule has 0 unspecified atom stereocenters. The average Bonchev–Trinajstić information content (AvgIpc) is 2.29. The molecule has 1 aromatic rings. The highest BCUT2D eigenvalue weighted by atomic mass is 32.2. The van der Waals surface area contributed by atoms with Crippen LogP contribution < -0.4 is 4.74 Å². The Labute approximate surface area is 97.6 Å². The van der Waals surface area contributed by atoms with Crippen molar-refractivity contribution in [2.45, 2.75) is 0 Å². The number of rotatable bonds is 6. The van der Waals surface area contributed by atoms with Gasteiger partial charge >= 0.3 is 0 Å². The lowest BCUT2D eigenvalue weighted by atomic mass is 10.1. The number of halogens is 1. The fourth-order valence-electron chi connectivity index (χ4n) is 1.21. The van der Waals surface area contributed by atoms with E-state index in [0.717, 1.165) is 0 Å². The molecule has 0 atom stereocenters. The molecule has 0 saturated carbocycles. The van der Waals surface area contributed by atoms with Gasteiger partial charge < -0.3 is 9.84 Å². The number of carbonyl (C=O) groups is 1. The molecule has 0 heterocycles. The summed E-state index contributed by atoms with van der Waals surface area (Å²) in [6, 6.07) is 3.84. The van der Waals surface area contributed by atoms with Gasteiger partial charge in [0.05, 0.1) is 25.0 Å². The lowest BCUT2D eigenvalue weighted by Crippen LogP contribution is -2.06. The first-order valence-electron chi connectivity index (χ1n) is 4.74. The van der Waals surface area contributed by atoms with E-state index in [1.807, 2.05) is 0 Å². The number of thioether (sulfide) groups is 1. The minimum absolute atomic E-state index is 0.0260. The van der Waals surface area contributed by atoms with Crippen LogP contribution in [0.25, 0.3) is 0 Å². The third-order valence-corrected chi connectivity index (χ3v) is 2.87. The van der Waals surface area contributed by atoms with E-state index < -0.39 is 5.82 Å². The zero-order valence-electron chi connectivity index (χ0n) is 8.90. The Morgan fingerprint density at radius 3 is 2.94 bits per heavy atom. The highest BCUT2D eigenvalue weighted by Crippen LogP contribution is 2.21. The molecule has 0 aliphatic heterocycles. The third-order valence-electron chi connectivity index (χ3n) is 1.93. The van der Waals surface area contributed by atoms with Gasteiger partial charge in [0.2, 0.25) is 0 Å². The molecule has 1 rings (SSSR count). The average molecular weight is 244 g/mol. The number of aliphatic hydroxyl groups excluding tert-OH is 1. The van der Waals surface area contributed by atoms with Crippen molar-refractivity contribution in [3.8, 4) is 5.75 Å². The number of hydrogen-bond donors (Lipinski definition) is 1. The van der Waals surface area contributed by atoms with Crippen LogP contribution >= 0.6 is 11.8 Å². The van der Waals surface area contributed by atoms with Crippen molar-refractivity contribution in [3.63, 3.8) is 0 Å². The van der Waals surface area contributed by atoms with Crippen LogP contribution in [0, 0.1) is 5.82 Å². The Bertz CT molecular complexity index is 368. The predicted octanol–water partition coefficient (Wildman–Crippen LogP) is 1.74. The Morgan fingerprint density at radius 1 is 1.56 bits per heavy atom. The number of methoxy groups -OCH3 is 1. The van der Waals surface area contributed by atoms with Gasteiger partial charge in [0, 0.05) is 5.75 Å². The molecule has 0 saturated heterocycles. The second kappa shape index (κ2) is 6.50. The van der Waals surface area contributed by atoms with E-state index in [1.165, 1.54) is 37.1 Å². The van der Waals surface area contributed by atoms with Crippen LogP contribution in [0.5, 0.6) is 5.75 Å². The first-order chi connectivity index (χ1) is 7.69. The quantitative estimate of drug-likeness (QED) is 0.611. The maximum Gasteiger partial charge on any atom is 0.176 e. The molecule has 5 heteroatoms. The summed E-state index contributed by atoms with van der Waals surface area (Å²) in [4.78, 5) is 11.7. The molecule has 3 nitrogen and oxygen atoms in total. The van der Waals surface area contributed by atoms with Crippen LogP contribution in [0.4, 0.5) is 4.39 Å². The van der Waals surface area contributed by atoms with Crippen LogP contribution in [-0.4, -0.2) is 36.1 Å². The maximum absolute atomic E-state index is 13.0. The molecule has 0 aliphatic carbocycles. The fourth-order valence-corrected chi connectivity index (χ4v) is 1.82. The number of aliphatic hydroxyl groups is 1. The van der Waals surface area contributed by atoms with E-state index in [2.05, 4.69) is 0 Å². The second-order valence-electron chi connectivity index (χ2n) is 3.04. The zero-order chi connectivity index (χ0) is 12.0. The minimum atomic E-state index is -0.462. The molecule has 0 radical (unpaired) electrons. The Balaban J connectivity index is 2.76. The van der Waals surface area contributed by atoms with Gasteiger partial charge in [-0.2, -0.15) is 11.8 Å². The lowest BCUT2D eigenvalue weighted by Gasteiger charge is -2.07. The monoisotopic (exact) mass is 244 g/mol. The second-order valence-corrected chi connectivity index (χ2v) is 4.15. The van der Waals surface area contributed by atoms with Gasteiger partial charge in [-0.25, -0.2) is 4.39 Å². The van der Waals surface area contributed by atoms with E-state index in [0.29, 0.717) is 11.5 Å². The molecule has 0 spiro atoms. The summed E-state index contributed by atoms with van der Waals surface area (Å²) in [7, 11) is 1.44. The summed E-state index contributed by atoms with van der Waals surface area (Å²) in [5.74, 6) is 0.408. The number of ketones is 1. The van der Waals surface area contributed by atoms with Gasteiger partial charge in [-0.1, -0.05) is 0 Å². The van der Waals surface area contributed by atoms with Crippen LogP contribution in [0.3, 0.4) is 0 Å². The SMILES string of the molecule is COc1ccc(F)cc1C(=O)CSCCO. The van der Waals surface area contributed by atoms with Crippen molar-refractivity contribution in [2.75, 3.05) is 25.2 Å². The highest BCUT2D eigenvalue weighted by molar-refractivity contribution is 8.00. The molecule has 88 valence electrons. The fraction of sp³-hybridized carbons (Fsp3) is 0.364. The van der Waals surface area contributed by atoms with E-state index >= 15 is 0 Å². The molecule has 0 fully saturated rings. The van der Waals surface area contributed by atoms with E-state index in [9.17, 15) is 9.18 Å². The summed E-state index contributed by atoms with van der Waals surface area (Å²) in [5.41, 5.74) is 0.243. The van der Waals surface area contributed by atoms with Crippen LogP contribution in [-0.2, 0) is 0 Å². The number of hydrogen-bond acceptors (Lipinski definition) is 4. The Hall–Kier alpha value is -1.07. The summed E-state index contributed by atoms with van der Waals surface area (Å²) in [6.45, 7) is 0.0260. The Morgan fingerprint density at radius 2 is 2.31 bits per heavy atom. The molecule has 0 bridgehead atoms. The predicted molar refractivity (Wildman–Crippen MR) is 61.7 cm³/mol. The number of Topliss-reactive ketones (excluding diaryl/α,β-unsaturated/α-hetero) is 1. The van der Waals surface area contributed by atoms with E-state index in [4.69, 9.17) is 9.84 Å². The van der Waals surface area contributed by atoms with Crippen molar-refractivity contribution in [1.29, 1.82) is 0 Å². The first-order valence-corrected chi connectivity index (χ1v) is 5.90. The van der Waals surface area contributed by atoms with Crippen molar-refractivity contribution in [3.05, 3.63) is 29.6 Å². The smallest absolute Gasteiger partial charge is 0.176 e. The van der Waals surface area contributed by atoms with E-state index in [1.54, 1.807) is 0 Å².